The minimum Gasteiger partial charge on any atom is -0.490 e. The second kappa shape index (κ2) is 13.3. The fraction of sp³-hybridized carbons (Fsp3) is 0.207. The lowest BCUT2D eigenvalue weighted by atomic mass is 10.1. The molecule has 202 valence electrons. The number of carbonyl (C=O) groups excluding carboxylic acids is 2. The highest BCUT2D eigenvalue weighted by molar-refractivity contribution is 9.10. The van der Waals surface area contributed by atoms with Crippen LogP contribution in [-0.4, -0.2) is 30.1 Å². The number of rotatable bonds is 11. The predicted molar refractivity (Wildman–Crippen MR) is 155 cm³/mol. The summed E-state index contributed by atoms with van der Waals surface area (Å²) in [6.07, 6.45) is 1.46. The highest BCUT2D eigenvalue weighted by Gasteiger charge is 2.26. The minimum absolute atomic E-state index is 0.0228. The number of nitrogens with one attached hydrogen (secondary N) is 2. The van der Waals surface area contributed by atoms with Gasteiger partial charge in [-0.1, -0.05) is 36.4 Å². The third kappa shape index (κ3) is 7.36. The van der Waals surface area contributed by atoms with Gasteiger partial charge in [-0.15, -0.1) is 0 Å². The molecule has 3 aromatic carbocycles. The van der Waals surface area contributed by atoms with Crippen LogP contribution in [0, 0.1) is 0 Å². The number of ether oxygens (including phenoxy) is 4. The molecule has 0 bridgehead atoms. The first-order valence-corrected chi connectivity index (χ1v) is 13.5. The smallest absolute Gasteiger partial charge is 0.263 e. The molecule has 1 fully saturated rings. The van der Waals surface area contributed by atoms with E-state index in [0.717, 1.165) is 11.1 Å². The molecule has 1 aliphatic rings. The summed E-state index contributed by atoms with van der Waals surface area (Å²) in [5.41, 5.74) is 2.44. The third-order valence-corrected chi connectivity index (χ3v) is 6.31. The SMILES string of the molecule is CCOc1cc(COc2c(Br)cc(C=C3C(=O)NC(=S)NC3=O)cc2OCC)ccc1OCc1ccccc1. The van der Waals surface area contributed by atoms with Crippen LogP contribution in [0.4, 0.5) is 0 Å². The normalized spacial score (nSPS) is 12.9. The maximum atomic E-state index is 12.2. The molecule has 0 unspecified atom stereocenters. The number of amides is 2. The van der Waals surface area contributed by atoms with Gasteiger partial charge in [0.2, 0.25) is 0 Å². The number of hydrogen-bond donors (Lipinski definition) is 2. The lowest BCUT2D eigenvalue weighted by Gasteiger charge is -2.18. The molecular formula is C29H27BrN2O6S. The molecule has 0 atom stereocenters. The van der Waals surface area contributed by atoms with Gasteiger partial charge in [-0.3, -0.25) is 20.2 Å². The molecule has 2 N–H and O–H groups in total. The molecule has 2 amide bonds. The molecule has 0 aromatic heterocycles. The molecule has 1 aliphatic heterocycles. The van der Waals surface area contributed by atoms with Crippen LogP contribution < -0.4 is 29.6 Å². The summed E-state index contributed by atoms with van der Waals surface area (Å²) in [7, 11) is 0. The molecule has 10 heteroatoms. The first kappa shape index (κ1) is 28.1. The molecule has 0 saturated carbocycles. The van der Waals surface area contributed by atoms with Gasteiger partial charge in [-0.25, -0.2) is 0 Å². The van der Waals surface area contributed by atoms with Crippen LogP contribution in [0.3, 0.4) is 0 Å². The van der Waals surface area contributed by atoms with Crippen LogP contribution in [0.1, 0.15) is 30.5 Å². The minimum atomic E-state index is -0.570. The van der Waals surface area contributed by atoms with Gasteiger partial charge >= 0.3 is 0 Å². The summed E-state index contributed by atoms with van der Waals surface area (Å²) in [6, 6.07) is 19.0. The largest absolute Gasteiger partial charge is 0.490 e. The average molecular weight is 612 g/mol. The predicted octanol–water partition coefficient (Wildman–Crippen LogP) is 5.32. The Kier molecular flexibility index (Phi) is 9.56. The van der Waals surface area contributed by atoms with Gasteiger partial charge in [0.05, 0.1) is 17.7 Å². The molecule has 0 spiro atoms. The van der Waals surface area contributed by atoms with Gasteiger partial charge in [-0.2, -0.15) is 0 Å². The van der Waals surface area contributed by atoms with Gasteiger partial charge in [0.25, 0.3) is 11.8 Å². The molecule has 1 saturated heterocycles. The molecule has 1 heterocycles. The quantitative estimate of drug-likeness (QED) is 0.172. The van der Waals surface area contributed by atoms with E-state index in [0.29, 0.717) is 52.9 Å². The van der Waals surface area contributed by atoms with Crippen molar-refractivity contribution < 1.29 is 28.5 Å². The second-order valence-corrected chi connectivity index (χ2v) is 9.60. The van der Waals surface area contributed by atoms with E-state index in [1.165, 1.54) is 6.08 Å². The van der Waals surface area contributed by atoms with Crippen molar-refractivity contribution >= 4 is 51.2 Å². The summed E-state index contributed by atoms with van der Waals surface area (Å²) in [5.74, 6) is 1.08. The van der Waals surface area contributed by atoms with E-state index in [1.54, 1.807) is 12.1 Å². The number of hydrogen-bond acceptors (Lipinski definition) is 7. The topological polar surface area (TPSA) is 95.1 Å². The Bertz CT molecular complexity index is 1390. The van der Waals surface area contributed by atoms with Gasteiger partial charge in [-0.05, 0) is 89.0 Å². The maximum absolute atomic E-state index is 12.2. The summed E-state index contributed by atoms with van der Waals surface area (Å²) in [6.45, 7) is 5.32. The van der Waals surface area contributed by atoms with E-state index < -0.39 is 11.8 Å². The van der Waals surface area contributed by atoms with Crippen LogP contribution in [0.5, 0.6) is 23.0 Å². The highest BCUT2D eigenvalue weighted by atomic mass is 79.9. The van der Waals surface area contributed by atoms with Crippen molar-refractivity contribution in [1.29, 1.82) is 0 Å². The lowest BCUT2D eigenvalue weighted by molar-refractivity contribution is -0.123. The van der Waals surface area contributed by atoms with E-state index in [-0.39, 0.29) is 17.3 Å². The standard InChI is InChI=1S/C29H27BrN2O6S/c1-3-35-24-14-19(10-11-23(24)37-16-18-8-6-5-7-9-18)17-38-26-22(30)13-20(15-25(26)36-4-2)12-21-27(33)31-29(39)32-28(21)34/h5-15H,3-4,16-17H2,1-2H3,(H2,31,32,33,34,39). The number of halogens is 1. The Balaban J connectivity index is 1.52. The van der Waals surface area contributed by atoms with E-state index in [1.807, 2.05) is 62.4 Å². The number of benzene rings is 3. The Morgan fingerprint density at radius 1 is 0.769 bits per heavy atom. The molecule has 0 aliphatic carbocycles. The Hall–Kier alpha value is -3.89. The maximum Gasteiger partial charge on any atom is 0.263 e. The van der Waals surface area contributed by atoms with E-state index in [4.69, 9.17) is 31.2 Å². The zero-order chi connectivity index (χ0) is 27.8. The Morgan fingerprint density at radius 3 is 2.13 bits per heavy atom. The van der Waals surface area contributed by atoms with Gasteiger partial charge < -0.3 is 18.9 Å². The van der Waals surface area contributed by atoms with Crippen molar-refractivity contribution in [3.8, 4) is 23.0 Å². The average Bonchev–Trinajstić information content (AvgIpc) is 2.91. The fourth-order valence-electron chi connectivity index (χ4n) is 3.77. The highest BCUT2D eigenvalue weighted by Crippen LogP contribution is 2.38. The van der Waals surface area contributed by atoms with Gasteiger partial charge in [0.15, 0.2) is 28.1 Å². The van der Waals surface area contributed by atoms with Gasteiger partial charge in [0, 0.05) is 0 Å². The summed E-state index contributed by atoms with van der Waals surface area (Å²) < 4.78 is 24.4. The monoisotopic (exact) mass is 610 g/mol. The van der Waals surface area contributed by atoms with Crippen LogP contribution in [0.15, 0.2) is 70.7 Å². The number of carbonyl (C=O) groups is 2. The van der Waals surface area contributed by atoms with Crippen molar-refractivity contribution in [1.82, 2.24) is 10.6 Å². The van der Waals surface area contributed by atoms with E-state index in [2.05, 4.69) is 26.6 Å². The Labute approximate surface area is 240 Å². The van der Waals surface area contributed by atoms with Crippen molar-refractivity contribution in [2.75, 3.05) is 13.2 Å². The number of thiocarbonyl (C=S) groups is 1. The van der Waals surface area contributed by atoms with Crippen LogP contribution in [0.25, 0.3) is 6.08 Å². The molecule has 8 nitrogen and oxygen atoms in total. The summed E-state index contributed by atoms with van der Waals surface area (Å²) in [4.78, 5) is 24.5. The molecule has 3 aromatic rings. The van der Waals surface area contributed by atoms with Gasteiger partial charge in [0.1, 0.15) is 18.8 Å². The van der Waals surface area contributed by atoms with Crippen LogP contribution in [-0.2, 0) is 22.8 Å². The molecular weight excluding hydrogens is 584 g/mol. The van der Waals surface area contributed by atoms with Crippen LogP contribution >= 0.6 is 28.1 Å². The van der Waals surface area contributed by atoms with Crippen LogP contribution in [0.2, 0.25) is 0 Å². The first-order valence-electron chi connectivity index (χ1n) is 12.3. The van der Waals surface area contributed by atoms with Crippen molar-refractivity contribution in [3.05, 3.63) is 87.4 Å². The second-order valence-electron chi connectivity index (χ2n) is 8.34. The zero-order valence-corrected chi connectivity index (χ0v) is 23.8. The lowest BCUT2D eigenvalue weighted by Crippen LogP contribution is -2.51. The Morgan fingerprint density at radius 2 is 1.44 bits per heavy atom. The fourth-order valence-corrected chi connectivity index (χ4v) is 4.53. The molecule has 4 rings (SSSR count). The zero-order valence-electron chi connectivity index (χ0n) is 21.4. The first-order chi connectivity index (χ1) is 18.9. The van der Waals surface area contributed by atoms with Crippen molar-refractivity contribution in [2.45, 2.75) is 27.1 Å². The van der Waals surface area contributed by atoms with Crippen molar-refractivity contribution in [2.24, 2.45) is 0 Å². The summed E-state index contributed by atoms with van der Waals surface area (Å²) in [5, 5.41) is 4.82. The molecule has 0 radical (unpaired) electrons. The third-order valence-electron chi connectivity index (χ3n) is 5.51. The van der Waals surface area contributed by atoms with E-state index in [9.17, 15) is 9.59 Å². The van der Waals surface area contributed by atoms with Crippen molar-refractivity contribution in [3.63, 3.8) is 0 Å². The molecule has 39 heavy (non-hydrogen) atoms. The van der Waals surface area contributed by atoms with E-state index >= 15 is 0 Å². The summed E-state index contributed by atoms with van der Waals surface area (Å²) >= 11 is 8.39.